The van der Waals surface area contributed by atoms with E-state index in [4.69, 9.17) is 27.9 Å². The van der Waals surface area contributed by atoms with Gasteiger partial charge >= 0.3 is 0 Å². The van der Waals surface area contributed by atoms with E-state index in [1.54, 1.807) is 38.5 Å². The third-order valence-electron chi connectivity index (χ3n) is 4.43. The lowest BCUT2D eigenvalue weighted by Gasteiger charge is -2.36. The van der Waals surface area contributed by atoms with Crippen molar-refractivity contribution < 1.29 is 9.53 Å². The number of halogens is 2. The number of likely N-dealkylation sites (N-methyl/N-ethyl adjacent to an activating group) is 1. The van der Waals surface area contributed by atoms with Gasteiger partial charge < -0.3 is 14.5 Å². The summed E-state index contributed by atoms with van der Waals surface area (Å²) in [5, 5.41) is 6.81. The Morgan fingerprint density at radius 1 is 1.26 bits per heavy atom. The zero-order chi connectivity index (χ0) is 23.2. The van der Waals surface area contributed by atoms with E-state index >= 15 is 0 Å². The van der Waals surface area contributed by atoms with Crippen LogP contribution < -0.4 is 9.64 Å². The minimum Gasteiger partial charge on any atom is -0.495 e. The lowest BCUT2D eigenvalue weighted by molar-refractivity contribution is -0.132. The molecule has 0 unspecified atom stereocenters. The standard InChI is InChI=1S/C20H27Cl2N5O2.C2H6/c1-23-9-5-4-6-19(22)24-25(2)15-20(28)27-12-10-26(11-13-27)16-7-8-17(21)18(14-16)29-3;1-2/h4-5,7-9,14H,6,10-13,15H2,1-3H3;1-2H3/b5-4-,23-9?,24-19+;. The van der Waals surface area contributed by atoms with Crippen LogP contribution >= 0.6 is 23.2 Å². The van der Waals surface area contributed by atoms with Gasteiger partial charge in [0.05, 0.1) is 12.1 Å². The fraction of sp³-hybridized carbons (Fsp3) is 0.500. The first-order valence-electron chi connectivity index (χ1n) is 10.3. The van der Waals surface area contributed by atoms with E-state index in [9.17, 15) is 4.79 Å². The molecule has 1 aliphatic heterocycles. The van der Waals surface area contributed by atoms with Crippen molar-refractivity contribution in [3.05, 3.63) is 35.4 Å². The summed E-state index contributed by atoms with van der Waals surface area (Å²) in [5.74, 6) is 0.679. The molecule has 9 heteroatoms. The Bertz CT molecular complexity index is 775. The molecular weight excluding hydrogens is 437 g/mol. The van der Waals surface area contributed by atoms with Gasteiger partial charge in [-0.15, -0.1) is 0 Å². The van der Waals surface area contributed by atoms with E-state index < -0.39 is 0 Å². The molecule has 0 spiro atoms. The molecule has 1 aromatic carbocycles. The Balaban J connectivity index is 0.00000233. The zero-order valence-corrected chi connectivity index (χ0v) is 20.5. The molecule has 1 heterocycles. The predicted octanol–water partition coefficient (Wildman–Crippen LogP) is 4.15. The quantitative estimate of drug-likeness (QED) is 0.423. The number of hydrazone groups is 1. The molecule has 0 aliphatic carbocycles. The van der Waals surface area contributed by atoms with E-state index in [0.717, 1.165) is 18.8 Å². The molecule has 2 rings (SSSR count). The van der Waals surface area contributed by atoms with Crippen LogP contribution in [0.15, 0.2) is 40.4 Å². The summed E-state index contributed by atoms with van der Waals surface area (Å²) in [6.07, 6.45) is 5.84. The molecule has 0 N–H and O–H groups in total. The number of carbonyl (C=O) groups is 1. The van der Waals surface area contributed by atoms with Gasteiger partial charge in [0.15, 0.2) is 0 Å². The monoisotopic (exact) mass is 469 g/mol. The Labute approximate surface area is 196 Å². The molecule has 0 atom stereocenters. The van der Waals surface area contributed by atoms with Gasteiger partial charge in [0, 0.05) is 64.7 Å². The van der Waals surface area contributed by atoms with Crippen LogP contribution in [0.3, 0.4) is 0 Å². The van der Waals surface area contributed by atoms with Crippen molar-refractivity contribution in [1.82, 2.24) is 9.91 Å². The van der Waals surface area contributed by atoms with Crippen LogP contribution in [0.4, 0.5) is 5.69 Å². The van der Waals surface area contributed by atoms with E-state index in [-0.39, 0.29) is 12.5 Å². The van der Waals surface area contributed by atoms with E-state index in [1.165, 1.54) is 0 Å². The first-order chi connectivity index (χ1) is 14.9. The maximum Gasteiger partial charge on any atom is 0.243 e. The molecule has 0 bridgehead atoms. The van der Waals surface area contributed by atoms with Gasteiger partial charge in [0.2, 0.25) is 5.91 Å². The van der Waals surface area contributed by atoms with Gasteiger partial charge in [-0.1, -0.05) is 43.1 Å². The maximum absolute atomic E-state index is 12.6. The normalized spacial score (nSPS) is 14.6. The summed E-state index contributed by atoms with van der Waals surface area (Å²) in [7, 11) is 5.04. The van der Waals surface area contributed by atoms with Gasteiger partial charge in [-0.25, -0.2) is 0 Å². The summed E-state index contributed by atoms with van der Waals surface area (Å²) in [6, 6.07) is 5.72. The predicted molar refractivity (Wildman–Crippen MR) is 132 cm³/mol. The number of hydrogen-bond acceptors (Lipinski definition) is 6. The Kier molecular flexibility index (Phi) is 12.7. The highest BCUT2D eigenvalue weighted by molar-refractivity contribution is 6.65. The number of piperazine rings is 1. The molecule has 0 radical (unpaired) electrons. The molecule has 31 heavy (non-hydrogen) atoms. The summed E-state index contributed by atoms with van der Waals surface area (Å²) in [6.45, 7) is 6.97. The van der Waals surface area contributed by atoms with Crippen molar-refractivity contribution >= 4 is 46.2 Å². The molecule has 0 saturated carbocycles. The first kappa shape index (κ1) is 26.8. The van der Waals surface area contributed by atoms with Crippen molar-refractivity contribution in [2.45, 2.75) is 20.3 Å². The van der Waals surface area contributed by atoms with E-state index in [2.05, 4.69) is 15.0 Å². The van der Waals surface area contributed by atoms with Crippen LogP contribution in [0.2, 0.25) is 5.02 Å². The van der Waals surface area contributed by atoms with E-state index in [1.807, 2.05) is 43.0 Å². The third-order valence-corrected chi connectivity index (χ3v) is 4.98. The fourth-order valence-corrected chi connectivity index (χ4v) is 3.34. The number of rotatable bonds is 8. The van der Waals surface area contributed by atoms with Crippen LogP contribution in [0.1, 0.15) is 20.3 Å². The second kappa shape index (κ2) is 14.7. The molecule has 1 saturated heterocycles. The van der Waals surface area contributed by atoms with Gasteiger partial charge in [-0.3, -0.25) is 14.8 Å². The molecule has 172 valence electrons. The molecule has 7 nitrogen and oxygen atoms in total. The van der Waals surface area contributed by atoms with Crippen molar-refractivity contribution in [3.63, 3.8) is 0 Å². The lowest BCUT2D eigenvalue weighted by Crippen LogP contribution is -2.50. The van der Waals surface area contributed by atoms with Crippen molar-refractivity contribution in [2.24, 2.45) is 10.1 Å². The highest BCUT2D eigenvalue weighted by Crippen LogP contribution is 2.29. The maximum atomic E-state index is 12.6. The summed E-state index contributed by atoms with van der Waals surface area (Å²) >= 11 is 12.2. The Morgan fingerprint density at radius 2 is 1.94 bits per heavy atom. The number of ether oxygens (including phenoxy) is 1. The summed E-state index contributed by atoms with van der Waals surface area (Å²) in [4.78, 5) is 20.5. The van der Waals surface area contributed by atoms with Gasteiger partial charge in [0.1, 0.15) is 17.5 Å². The molecule has 1 amide bonds. The molecular formula is C22H33Cl2N5O2. The van der Waals surface area contributed by atoms with Crippen molar-refractivity contribution in [1.29, 1.82) is 0 Å². The molecule has 1 fully saturated rings. The number of methoxy groups -OCH3 is 1. The number of anilines is 1. The number of nitrogens with zero attached hydrogens (tertiary/aromatic N) is 5. The minimum absolute atomic E-state index is 0.0303. The van der Waals surface area contributed by atoms with Gasteiger partial charge in [-0.05, 0) is 18.2 Å². The lowest BCUT2D eigenvalue weighted by atomic mass is 10.2. The Hall–Kier alpha value is -2.25. The van der Waals surface area contributed by atoms with E-state index in [0.29, 0.717) is 35.5 Å². The highest BCUT2D eigenvalue weighted by Gasteiger charge is 2.22. The fourth-order valence-electron chi connectivity index (χ4n) is 2.93. The van der Waals surface area contributed by atoms with Crippen LogP contribution in [-0.2, 0) is 4.79 Å². The topological polar surface area (TPSA) is 60.7 Å². The number of benzene rings is 1. The number of amides is 1. The molecule has 0 aromatic heterocycles. The van der Waals surface area contributed by atoms with Crippen LogP contribution in [0, 0.1) is 0 Å². The smallest absolute Gasteiger partial charge is 0.243 e. The first-order valence-corrected chi connectivity index (χ1v) is 11.1. The van der Waals surface area contributed by atoms with Crippen molar-refractivity contribution in [3.8, 4) is 5.75 Å². The van der Waals surface area contributed by atoms with Crippen molar-refractivity contribution in [2.75, 3.05) is 58.8 Å². The number of carbonyl (C=O) groups excluding carboxylic acids is 1. The zero-order valence-electron chi connectivity index (χ0n) is 19.0. The largest absolute Gasteiger partial charge is 0.495 e. The average molecular weight is 470 g/mol. The average Bonchev–Trinajstić information content (AvgIpc) is 2.78. The second-order valence-corrected chi connectivity index (χ2v) is 7.36. The number of hydrogen-bond donors (Lipinski definition) is 0. The minimum atomic E-state index is 0.0303. The summed E-state index contributed by atoms with van der Waals surface area (Å²) < 4.78 is 5.29. The second-order valence-electron chi connectivity index (χ2n) is 6.52. The van der Waals surface area contributed by atoms with Gasteiger partial charge in [-0.2, -0.15) is 5.10 Å². The summed E-state index contributed by atoms with van der Waals surface area (Å²) in [5.41, 5.74) is 1.04. The third kappa shape index (κ3) is 9.19. The molecule has 1 aromatic rings. The van der Waals surface area contributed by atoms with Crippen LogP contribution in [0.25, 0.3) is 0 Å². The van der Waals surface area contributed by atoms with Crippen LogP contribution in [0.5, 0.6) is 5.75 Å². The van der Waals surface area contributed by atoms with Crippen LogP contribution in [-0.4, -0.2) is 81.1 Å². The number of allylic oxidation sites excluding steroid dienone is 2. The SMILES string of the molecule is CC.CN=C/C=C\C/C(Cl)=N\N(C)CC(=O)N1CCN(c2ccc(Cl)c(OC)c2)CC1. The number of aliphatic imine (C=N–C) groups is 1. The van der Waals surface area contributed by atoms with Gasteiger partial charge in [0.25, 0.3) is 0 Å². The highest BCUT2D eigenvalue weighted by atomic mass is 35.5. The Morgan fingerprint density at radius 3 is 2.55 bits per heavy atom. The molecule has 1 aliphatic rings.